The van der Waals surface area contributed by atoms with Crippen molar-refractivity contribution in [1.29, 1.82) is 0 Å². The van der Waals surface area contributed by atoms with Gasteiger partial charge in [0.05, 0.1) is 6.61 Å². The van der Waals surface area contributed by atoms with Crippen molar-refractivity contribution >= 4 is 0 Å². The molecule has 2 aromatic carbocycles. The van der Waals surface area contributed by atoms with Crippen LogP contribution in [0.4, 0.5) is 4.39 Å². The lowest BCUT2D eigenvalue weighted by molar-refractivity contribution is 0.281. The Bertz CT molecular complexity index is 489. The van der Waals surface area contributed by atoms with Crippen molar-refractivity contribution < 1.29 is 9.50 Å². The second-order valence-corrected chi connectivity index (χ2v) is 3.81. The van der Waals surface area contributed by atoms with Crippen LogP contribution in [0.2, 0.25) is 0 Å². The van der Waals surface area contributed by atoms with Gasteiger partial charge in [0.2, 0.25) is 0 Å². The molecule has 0 saturated heterocycles. The number of hydrogen-bond acceptors (Lipinski definition) is 1. The Labute approximate surface area is 94.2 Å². The Hall–Kier alpha value is -1.67. The maximum Gasteiger partial charge on any atom is 0.123 e. The standard InChI is InChI=1S/C14H13FO/c1-10-8-12(2-3-13(10)9-16)11-4-6-14(15)7-5-11/h2-8,16H,9H2,1H3. The zero-order valence-corrected chi connectivity index (χ0v) is 9.07. The minimum absolute atomic E-state index is 0.0511. The van der Waals surface area contributed by atoms with Crippen LogP contribution in [0.25, 0.3) is 11.1 Å². The number of aliphatic hydroxyl groups excluding tert-OH is 1. The number of halogens is 1. The van der Waals surface area contributed by atoms with Gasteiger partial charge in [-0.3, -0.25) is 0 Å². The van der Waals surface area contributed by atoms with Crippen LogP contribution in [0, 0.1) is 12.7 Å². The van der Waals surface area contributed by atoms with Gasteiger partial charge in [0, 0.05) is 0 Å². The largest absolute Gasteiger partial charge is 0.392 e. The van der Waals surface area contributed by atoms with E-state index in [9.17, 15) is 4.39 Å². The Morgan fingerprint density at radius 1 is 1.00 bits per heavy atom. The number of hydrogen-bond donors (Lipinski definition) is 1. The van der Waals surface area contributed by atoms with Gasteiger partial charge in [-0.15, -0.1) is 0 Å². The molecule has 0 fully saturated rings. The lowest BCUT2D eigenvalue weighted by atomic mass is 10.0. The summed E-state index contributed by atoms with van der Waals surface area (Å²) in [4.78, 5) is 0. The summed E-state index contributed by atoms with van der Waals surface area (Å²) < 4.78 is 12.8. The number of rotatable bonds is 2. The maximum absolute atomic E-state index is 12.8. The highest BCUT2D eigenvalue weighted by Crippen LogP contribution is 2.22. The molecular formula is C14H13FO. The first-order valence-corrected chi connectivity index (χ1v) is 5.17. The van der Waals surface area contributed by atoms with Gasteiger partial charge in [-0.1, -0.05) is 30.3 Å². The molecule has 0 aliphatic carbocycles. The third kappa shape index (κ3) is 2.12. The summed E-state index contributed by atoms with van der Waals surface area (Å²) in [6.07, 6.45) is 0. The Morgan fingerprint density at radius 3 is 2.19 bits per heavy atom. The van der Waals surface area contributed by atoms with Crippen molar-refractivity contribution in [3.8, 4) is 11.1 Å². The van der Waals surface area contributed by atoms with Crippen LogP contribution in [-0.4, -0.2) is 5.11 Å². The summed E-state index contributed by atoms with van der Waals surface area (Å²) in [5.74, 6) is -0.229. The summed E-state index contributed by atoms with van der Waals surface area (Å²) >= 11 is 0. The molecular weight excluding hydrogens is 203 g/mol. The highest BCUT2D eigenvalue weighted by Gasteiger charge is 2.01. The molecule has 0 aliphatic heterocycles. The van der Waals surface area contributed by atoms with Crippen molar-refractivity contribution in [3.05, 3.63) is 59.4 Å². The normalized spacial score (nSPS) is 10.4. The topological polar surface area (TPSA) is 20.2 Å². The second kappa shape index (κ2) is 4.45. The van der Waals surface area contributed by atoms with E-state index in [2.05, 4.69) is 0 Å². The Morgan fingerprint density at radius 2 is 1.62 bits per heavy atom. The van der Waals surface area contributed by atoms with Crippen molar-refractivity contribution in [2.24, 2.45) is 0 Å². The molecule has 0 saturated carbocycles. The van der Waals surface area contributed by atoms with E-state index in [1.54, 1.807) is 12.1 Å². The lowest BCUT2D eigenvalue weighted by Crippen LogP contribution is -1.89. The SMILES string of the molecule is Cc1cc(-c2ccc(F)cc2)ccc1CO. The first-order valence-electron chi connectivity index (χ1n) is 5.17. The monoisotopic (exact) mass is 216 g/mol. The number of aryl methyl sites for hydroxylation is 1. The van der Waals surface area contributed by atoms with Crippen LogP contribution >= 0.6 is 0 Å². The molecule has 2 heteroatoms. The third-order valence-electron chi connectivity index (χ3n) is 2.69. The summed E-state index contributed by atoms with van der Waals surface area (Å²) in [7, 11) is 0. The number of benzene rings is 2. The van der Waals surface area contributed by atoms with E-state index >= 15 is 0 Å². The Balaban J connectivity index is 2.41. The molecule has 0 amide bonds. The molecule has 0 unspecified atom stereocenters. The predicted molar refractivity (Wildman–Crippen MR) is 62.5 cm³/mol. The van der Waals surface area contributed by atoms with E-state index in [0.717, 1.165) is 22.3 Å². The van der Waals surface area contributed by atoms with Gasteiger partial charge in [0.1, 0.15) is 5.82 Å². The van der Waals surface area contributed by atoms with Crippen molar-refractivity contribution in [1.82, 2.24) is 0 Å². The maximum atomic E-state index is 12.8. The van der Waals surface area contributed by atoms with Gasteiger partial charge in [-0.05, 0) is 41.3 Å². The van der Waals surface area contributed by atoms with Gasteiger partial charge in [-0.25, -0.2) is 4.39 Å². The van der Waals surface area contributed by atoms with Gasteiger partial charge < -0.3 is 5.11 Å². The summed E-state index contributed by atoms with van der Waals surface area (Å²) in [5.41, 5.74) is 3.99. The van der Waals surface area contributed by atoms with Crippen LogP contribution in [0.5, 0.6) is 0 Å². The molecule has 82 valence electrons. The summed E-state index contributed by atoms with van der Waals surface area (Å²) in [5, 5.41) is 9.07. The molecule has 0 aromatic heterocycles. The van der Waals surface area contributed by atoms with E-state index < -0.39 is 0 Å². The van der Waals surface area contributed by atoms with Crippen LogP contribution in [0.15, 0.2) is 42.5 Å². The van der Waals surface area contributed by atoms with Gasteiger partial charge >= 0.3 is 0 Å². The second-order valence-electron chi connectivity index (χ2n) is 3.81. The molecule has 0 spiro atoms. The molecule has 0 heterocycles. The molecule has 0 atom stereocenters. The first kappa shape index (κ1) is 10.8. The van der Waals surface area contributed by atoms with E-state index in [-0.39, 0.29) is 12.4 Å². The fourth-order valence-electron chi connectivity index (χ4n) is 1.70. The lowest BCUT2D eigenvalue weighted by Gasteiger charge is -2.06. The predicted octanol–water partition coefficient (Wildman–Crippen LogP) is 3.29. The first-order chi connectivity index (χ1) is 7.70. The molecule has 1 N–H and O–H groups in total. The number of aliphatic hydroxyl groups is 1. The van der Waals surface area contributed by atoms with E-state index in [0.29, 0.717) is 0 Å². The fourth-order valence-corrected chi connectivity index (χ4v) is 1.70. The fraction of sp³-hybridized carbons (Fsp3) is 0.143. The molecule has 16 heavy (non-hydrogen) atoms. The average molecular weight is 216 g/mol. The Kier molecular flexibility index (Phi) is 3.02. The minimum Gasteiger partial charge on any atom is -0.392 e. The minimum atomic E-state index is -0.229. The van der Waals surface area contributed by atoms with Crippen molar-refractivity contribution in [2.75, 3.05) is 0 Å². The molecule has 1 nitrogen and oxygen atoms in total. The van der Waals surface area contributed by atoms with E-state index in [4.69, 9.17) is 5.11 Å². The molecule has 2 rings (SSSR count). The zero-order chi connectivity index (χ0) is 11.5. The van der Waals surface area contributed by atoms with Crippen molar-refractivity contribution in [2.45, 2.75) is 13.5 Å². The zero-order valence-electron chi connectivity index (χ0n) is 9.07. The molecule has 0 bridgehead atoms. The molecule has 2 aromatic rings. The van der Waals surface area contributed by atoms with Crippen LogP contribution < -0.4 is 0 Å². The quantitative estimate of drug-likeness (QED) is 0.816. The third-order valence-corrected chi connectivity index (χ3v) is 2.69. The van der Waals surface area contributed by atoms with Crippen LogP contribution in [0.3, 0.4) is 0 Å². The highest BCUT2D eigenvalue weighted by atomic mass is 19.1. The van der Waals surface area contributed by atoms with Gasteiger partial charge in [-0.2, -0.15) is 0 Å². The van der Waals surface area contributed by atoms with Crippen molar-refractivity contribution in [3.63, 3.8) is 0 Å². The van der Waals surface area contributed by atoms with Crippen LogP contribution in [0.1, 0.15) is 11.1 Å². The molecule has 0 aliphatic rings. The summed E-state index contributed by atoms with van der Waals surface area (Å²) in [6, 6.07) is 12.2. The van der Waals surface area contributed by atoms with Gasteiger partial charge in [0.25, 0.3) is 0 Å². The smallest absolute Gasteiger partial charge is 0.123 e. The van der Waals surface area contributed by atoms with Gasteiger partial charge in [0.15, 0.2) is 0 Å². The van der Waals surface area contributed by atoms with Crippen LogP contribution in [-0.2, 0) is 6.61 Å². The highest BCUT2D eigenvalue weighted by molar-refractivity contribution is 5.64. The molecule has 0 radical (unpaired) electrons. The average Bonchev–Trinajstić information content (AvgIpc) is 2.30. The van der Waals surface area contributed by atoms with E-state index in [1.807, 2.05) is 25.1 Å². The van der Waals surface area contributed by atoms with E-state index in [1.165, 1.54) is 12.1 Å². The summed E-state index contributed by atoms with van der Waals surface area (Å²) in [6.45, 7) is 2.01.